The maximum Gasteiger partial charge on any atom is 0.127 e. The first-order valence-electron chi connectivity index (χ1n) is 3.81. The third-order valence-electron chi connectivity index (χ3n) is 1.89. The lowest BCUT2D eigenvalue weighted by molar-refractivity contribution is 0.580. The molecule has 0 fully saturated rings. The second-order valence-corrected chi connectivity index (χ2v) is 3.32. The first-order valence-corrected chi connectivity index (χ1v) is 4.19. The molecule has 0 aliphatic rings. The fourth-order valence-corrected chi connectivity index (χ4v) is 1.13. The average molecular weight is 203 g/mol. The van der Waals surface area contributed by atoms with Gasteiger partial charge in [0.25, 0.3) is 0 Å². The van der Waals surface area contributed by atoms with Crippen LogP contribution in [-0.4, -0.2) is 0 Å². The summed E-state index contributed by atoms with van der Waals surface area (Å²) in [5, 5.41) is 0.296. The molecule has 0 amide bonds. The molecule has 1 aromatic carbocycles. The predicted octanol–water partition coefficient (Wildman–Crippen LogP) is 3.82. The van der Waals surface area contributed by atoms with Crippen LogP contribution in [0, 0.1) is 11.6 Å². The first kappa shape index (κ1) is 10.2. The summed E-state index contributed by atoms with van der Waals surface area (Å²) in [7, 11) is 0. The van der Waals surface area contributed by atoms with E-state index >= 15 is 0 Å². The maximum absolute atomic E-state index is 13.1. The Kier molecular flexibility index (Phi) is 3.04. The van der Waals surface area contributed by atoms with Crippen molar-refractivity contribution in [3.63, 3.8) is 0 Å². The van der Waals surface area contributed by atoms with Gasteiger partial charge in [-0.05, 0) is 23.8 Å². The van der Waals surface area contributed by atoms with E-state index in [1.54, 1.807) is 6.92 Å². The van der Waals surface area contributed by atoms with Crippen molar-refractivity contribution < 1.29 is 8.78 Å². The molecule has 1 atom stereocenters. The number of rotatable bonds is 2. The third-order valence-corrected chi connectivity index (χ3v) is 2.22. The molecule has 0 nitrogen and oxygen atoms in total. The van der Waals surface area contributed by atoms with Crippen LogP contribution in [0.15, 0.2) is 29.8 Å². The third kappa shape index (κ3) is 2.28. The van der Waals surface area contributed by atoms with Gasteiger partial charge in [-0.1, -0.05) is 25.1 Å². The van der Waals surface area contributed by atoms with Crippen LogP contribution in [0.1, 0.15) is 18.4 Å². The van der Waals surface area contributed by atoms with E-state index in [4.69, 9.17) is 11.6 Å². The molecule has 0 aliphatic heterocycles. The van der Waals surface area contributed by atoms with Gasteiger partial charge in [0.1, 0.15) is 11.6 Å². The summed E-state index contributed by atoms with van der Waals surface area (Å²) in [6.45, 7) is 5.15. The Morgan fingerprint density at radius 1 is 1.46 bits per heavy atom. The Hall–Kier alpha value is -0.890. The van der Waals surface area contributed by atoms with E-state index in [9.17, 15) is 8.78 Å². The zero-order valence-electron chi connectivity index (χ0n) is 7.15. The predicted molar refractivity (Wildman–Crippen MR) is 49.8 cm³/mol. The molecule has 70 valence electrons. The summed E-state index contributed by atoms with van der Waals surface area (Å²) in [4.78, 5) is 0. The molecule has 0 N–H and O–H groups in total. The van der Waals surface area contributed by atoms with E-state index in [-0.39, 0.29) is 11.5 Å². The topological polar surface area (TPSA) is 0 Å². The van der Waals surface area contributed by atoms with Crippen molar-refractivity contribution in [2.75, 3.05) is 0 Å². The summed E-state index contributed by atoms with van der Waals surface area (Å²) in [6.07, 6.45) is 0. The number of hydrogen-bond donors (Lipinski definition) is 0. The monoisotopic (exact) mass is 202 g/mol. The Balaban J connectivity index is 3.12. The van der Waals surface area contributed by atoms with E-state index in [0.717, 1.165) is 18.2 Å². The van der Waals surface area contributed by atoms with Gasteiger partial charge in [0, 0.05) is 11.0 Å². The normalized spacial score (nSPS) is 12.6. The van der Waals surface area contributed by atoms with Crippen molar-refractivity contribution in [1.82, 2.24) is 0 Å². The van der Waals surface area contributed by atoms with Crippen molar-refractivity contribution in [1.29, 1.82) is 0 Å². The van der Waals surface area contributed by atoms with E-state index in [0.29, 0.717) is 5.03 Å². The highest BCUT2D eigenvalue weighted by atomic mass is 35.5. The van der Waals surface area contributed by atoms with Gasteiger partial charge in [-0.25, -0.2) is 8.78 Å². The second kappa shape index (κ2) is 3.88. The number of halogens is 3. The molecular weight excluding hydrogens is 194 g/mol. The highest BCUT2D eigenvalue weighted by Crippen LogP contribution is 2.27. The fourth-order valence-electron chi connectivity index (χ4n) is 1.02. The van der Waals surface area contributed by atoms with E-state index in [1.807, 2.05) is 0 Å². The van der Waals surface area contributed by atoms with Crippen LogP contribution in [0.25, 0.3) is 0 Å². The van der Waals surface area contributed by atoms with Crippen LogP contribution in [-0.2, 0) is 0 Å². The van der Waals surface area contributed by atoms with Gasteiger partial charge in [0.15, 0.2) is 0 Å². The van der Waals surface area contributed by atoms with Crippen molar-refractivity contribution in [2.24, 2.45) is 0 Å². The maximum atomic E-state index is 13.1. The summed E-state index contributed by atoms with van der Waals surface area (Å²) in [5.74, 6) is -1.31. The van der Waals surface area contributed by atoms with Gasteiger partial charge in [0.05, 0.1) is 0 Å². The first-order chi connectivity index (χ1) is 6.02. The number of benzene rings is 1. The molecule has 0 bridgehead atoms. The number of hydrogen-bond acceptors (Lipinski definition) is 0. The highest BCUT2D eigenvalue weighted by molar-refractivity contribution is 6.29. The van der Waals surface area contributed by atoms with Crippen molar-refractivity contribution in [3.05, 3.63) is 47.0 Å². The Bertz CT molecular complexity index is 334. The van der Waals surface area contributed by atoms with Crippen LogP contribution in [0.2, 0.25) is 0 Å². The summed E-state index contributed by atoms with van der Waals surface area (Å²) in [6, 6.07) is 3.29. The average Bonchev–Trinajstić information content (AvgIpc) is 2.08. The van der Waals surface area contributed by atoms with Gasteiger partial charge < -0.3 is 0 Å². The molecule has 0 spiro atoms. The molecule has 0 aromatic heterocycles. The molecule has 1 unspecified atom stereocenters. The standard InChI is InChI=1S/C10H9ClF2/c1-6(7(2)11)9-5-8(12)3-4-10(9)13/h3-6H,2H2,1H3. The van der Waals surface area contributed by atoms with Crippen molar-refractivity contribution in [2.45, 2.75) is 12.8 Å². The Morgan fingerprint density at radius 3 is 2.62 bits per heavy atom. The van der Waals surface area contributed by atoms with E-state index in [2.05, 4.69) is 6.58 Å². The summed E-state index contributed by atoms with van der Waals surface area (Å²) >= 11 is 5.60. The lowest BCUT2D eigenvalue weighted by Crippen LogP contribution is -1.97. The molecule has 0 heterocycles. The van der Waals surface area contributed by atoms with Crippen molar-refractivity contribution in [3.8, 4) is 0 Å². The molecule has 1 rings (SSSR count). The molecule has 0 aliphatic carbocycles. The van der Waals surface area contributed by atoms with Crippen LogP contribution in [0.4, 0.5) is 8.78 Å². The molecule has 3 heteroatoms. The van der Waals surface area contributed by atoms with Gasteiger partial charge in [-0.3, -0.25) is 0 Å². The molecular formula is C10H9ClF2. The SMILES string of the molecule is C=C(Cl)C(C)c1cc(F)ccc1F. The lowest BCUT2D eigenvalue weighted by Gasteiger charge is -2.10. The Labute approximate surface area is 80.8 Å². The van der Waals surface area contributed by atoms with Crippen LogP contribution in [0.5, 0.6) is 0 Å². The van der Waals surface area contributed by atoms with Crippen LogP contribution < -0.4 is 0 Å². The van der Waals surface area contributed by atoms with Crippen LogP contribution in [0.3, 0.4) is 0 Å². The molecule has 13 heavy (non-hydrogen) atoms. The quantitative estimate of drug-likeness (QED) is 0.684. The molecule has 0 saturated heterocycles. The Morgan fingerprint density at radius 2 is 2.08 bits per heavy atom. The second-order valence-electron chi connectivity index (χ2n) is 2.83. The van der Waals surface area contributed by atoms with Gasteiger partial charge in [0.2, 0.25) is 0 Å². The minimum absolute atomic E-state index is 0.236. The fraction of sp³-hybridized carbons (Fsp3) is 0.200. The minimum atomic E-state index is -0.471. The molecule has 1 aromatic rings. The summed E-state index contributed by atoms with van der Waals surface area (Å²) in [5.41, 5.74) is 0.236. The molecule has 0 saturated carbocycles. The zero-order valence-corrected chi connectivity index (χ0v) is 7.91. The van der Waals surface area contributed by atoms with Gasteiger partial charge in [-0.15, -0.1) is 0 Å². The van der Waals surface area contributed by atoms with Crippen molar-refractivity contribution >= 4 is 11.6 Å². The van der Waals surface area contributed by atoms with E-state index in [1.165, 1.54) is 0 Å². The van der Waals surface area contributed by atoms with Gasteiger partial charge >= 0.3 is 0 Å². The van der Waals surface area contributed by atoms with Gasteiger partial charge in [-0.2, -0.15) is 0 Å². The molecule has 0 radical (unpaired) electrons. The number of allylic oxidation sites excluding steroid dienone is 1. The van der Waals surface area contributed by atoms with Crippen LogP contribution >= 0.6 is 11.6 Å². The smallest absolute Gasteiger partial charge is 0.127 e. The minimum Gasteiger partial charge on any atom is -0.207 e. The summed E-state index contributed by atoms with van der Waals surface area (Å²) < 4.78 is 25.8. The largest absolute Gasteiger partial charge is 0.207 e. The van der Waals surface area contributed by atoms with E-state index < -0.39 is 11.6 Å². The zero-order chi connectivity index (χ0) is 10.0. The highest BCUT2D eigenvalue weighted by Gasteiger charge is 2.13. The lowest BCUT2D eigenvalue weighted by atomic mass is 10.0.